The number of anilines is 1. The first kappa shape index (κ1) is 11.5. The second-order valence-corrected chi connectivity index (χ2v) is 4.23. The van der Waals surface area contributed by atoms with Crippen molar-refractivity contribution in [1.82, 2.24) is 4.57 Å². The molecule has 2 rings (SSSR count). The SMILES string of the molecule is COC(=O)c1c(N)n(C(C)C)c2ccccc12. The molecule has 0 aliphatic carbocycles. The average Bonchev–Trinajstić information content (AvgIpc) is 2.60. The Morgan fingerprint density at radius 2 is 2.00 bits per heavy atom. The molecular formula is C13H16N2O2. The van der Waals surface area contributed by atoms with E-state index in [-0.39, 0.29) is 6.04 Å². The van der Waals surface area contributed by atoms with Crippen LogP contribution in [0.2, 0.25) is 0 Å². The van der Waals surface area contributed by atoms with E-state index >= 15 is 0 Å². The number of para-hydroxylation sites is 1. The Kier molecular flexibility index (Phi) is 2.79. The van der Waals surface area contributed by atoms with Crippen LogP contribution in [0.5, 0.6) is 0 Å². The lowest BCUT2D eigenvalue weighted by molar-refractivity contribution is 0.0604. The van der Waals surface area contributed by atoms with Crippen molar-refractivity contribution in [2.75, 3.05) is 12.8 Å². The van der Waals surface area contributed by atoms with Crippen molar-refractivity contribution in [3.8, 4) is 0 Å². The molecule has 1 heterocycles. The number of hydrogen-bond donors (Lipinski definition) is 1. The highest BCUT2D eigenvalue weighted by molar-refractivity contribution is 6.09. The average molecular weight is 232 g/mol. The minimum Gasteiger partial charge on any atom is -0.465 e. The van der Waals surface area contributed by atoms with Gasteiger partial charge in [0.05, 0.1) is 12.6 Å². The van der Waals surface area contributed by atoms with Crippen LogP contribution < -0.4 is 5.73 Å². The standard InChI is InChI=1S/C13H16N2O2/c1-8(2)15-10-7-5-4-6-9(10)11(12(15)14)13(16)17-3/h4-8H,14H2,1-3H3. The molecule has 0 radical (unpaired) electrons. The third kappa shape index (κ3) is 1.65. The minimum atomic E-state index is -0.391. The second kappa shape index (κ2) is 4.13. The summed E-state index contributed by atoms with van der Waals surface area (Å²) in [4.78, 5) is 11.8. The fourth-order valence-corrected chi connectivity index (χ4v) is 2.16. The van der Waals surface area contributed by atoms with E-state index in [0.717, 1.165) is 10.9 Å². The molecule has 4 heteroatoms. The zero-order valence-electron chi connectivity index (χ0n) is 10.2. The Bertz CT molecular complexity index is 570. The molecule has 2 aromatic rings. The number of methoxy groups -OCH3 is 1. The predicted molar refractivity (Wildman–Crippen MR) is 68.1 cm³/mol. The Labute approximate surface area is 100.0 Å². The monoisotopic (exact) mass is 232 g/mol. The number of hydrogen-bond acceptors (Lipinski definition) is 3. The van der Waals surface area contributed by atoms with E-state index in [1.807, 2.05) is 42.7 Å². The Balaban J connectivity index is 2.84. The van der Waals surface area contributed by atoms with Gasteiger partial charge < -0.3 is 15.0 Å². The number of esters is 1. The van der Waals surface area contributed by atoms with Gasteiger partial charge in [0.1, 0.15) is 11.4 Å². The summed E-state index contributed by atoms with van der Waals surface area (Å²) in [6.45, 7) is 4.06. The number of nitrogen functional groups attached to an aromatic ring is 1. The van der Waals surface area contributed by atoms with E-state index in [0.29, 0.717) is 11.4 Å². The quantitative estimate of drug-likeness (QED) is 0.810. The van der Waals surface area contributed by atoms with Crippen LogP contribution in [0.4, 0.5) is 5.82 Å². The van der Waals surface area contributed by atoms with Crippen LogP contribution in [0.25, 0.3) is 10.9 Å². The highest BCUT2D eigenvalue weighted by Gasteiger charge is 2.21. The lowest BCUT2D eigenvalue weighted by Gasteiger charge is -2.11. The van der Waals surface area contributed by atoms with Crippen molar-refractivity contribution in [3.05, 3.63) is 29.8 Å². The summed E-state index contributed by atoms with van der Waals surface area (Å²) in [5.74, 6) is 0.0751. The van der Waals surface area contributed by atoms with E-state index in [4.69, 9.17) is 10.5 Å². The summed E-state index contributed by atoms with van der Waals surface area (Å²) < 4.78 is 6.73. The smallest absolute Gasteiger partial charge is 0.342 e. The summed E-state index contributed by atoms with van der Waals surface area (Å²) in [7, 11) is 1.36. The number of carbonyl (C=O) groups is 1. The lowest BCUT2D eigenvalue weighted by Crippen LogP contribution is -2.09. The van der Waals surface area contributed by atoms with Crippen LogP contribution in [0, 0.1) is 0 Å². The summed E-state index contributed by atoms with van der Waals surface area (Å²) in [6, 6.07) is 7.86. The molecule has 2 N–H and O–H groups in total. The molecule has 0 aliphatic heterocycles. The molecule has 90 valence electrons. The van der Waals surface area contributed by atoms with Crippen molar-refractivity contribution < 1.29 is 9.53 Å². The van der Waals surface area contributed by atoms with Gasteiger partial charge in [0, 0.05) is 11.4 Å². The Morgan fingerprint density at radius 3 is 2.59 bits per heavy atom. The number of ether oxygens (including phenoxy) is 1. The van der Waals surface area contributed by atoms with Crippen LogP contribution in [0.15, 0.2) is 24.3 Å². The van der Waals surface area contributed by atoms with Gasteiger partial charge in [0.25, 0.3) is 0 Å². The van der Waals surface area contributed by atoms with Crippen molar-refractivity contribution in [1.29, 1.82) is 0 Å². The summed E-state index contributed by atoms with van der Waals surface area (Å²) >= 11 is 0. The molecule has 4 nitrogen and oxygen atoms in total. The molecular weight excluding hydrogens is 216 g/mol. The van der Waals surface area contributed by atoms with Crippen molar-refractivity contribution >= 4 is 22.7 Å². The van der Waals surface area contributed by atoms with Gasteiger partial charge >= 0.3 is 5.97 Å². The lowest BCUT2D eigenvalue weighted by atomic mass is 10.1. The number of carbonyl (C=O) groups excluding carboxylic acids is 1. The van der Waals surface area contributed by atoms with Crippen molar-refractivity contribution in [3.63, 3.8) is 0 Å². The Morgan fingerprint density at radius 1 is 1.35 bits per heavy atom. The minimum absolute atomic E-state index is 0.193. The van der Waals surface area contributed by atoms with Crippen molar-refractivity contribution in [2.45, 2.75) is 19.9 Å². The molecule has 1 aromatic carbocycles. The number of rotatable bonds is 2. The van der Waals surface area contributed by atoms with E-state index in [1.54, 1.807) is 0 Å². The Hall–Kier alpha value is -1.97. The first-order valence-corrected chi connectivity index (χ1v) is 5.54. The third-order valence-corrected chi connectivity index (χ3v) is 2.85. The predicted octanol–water partition coefficient (Wildman–Crippen LogP) is 2.59. The highest BCUT2D eigenvalue weighted by Crippen LogP contribution is 2.31. The van der Waals surface area contributed by atoms with Gasteiger partial charge in [-0.2, -0.15) is 0 Å². The van der Waals surface area contributed by atoms with Crippen LogP contribution in [0.1, 0.15) is 30.2 Å². The number of nitrogens with zero attached hydrogens (tertiary/aromatic N) is 1. The maximum atomic E-state index is 11.8. The number of nitrogens with two attached hydrogens (primary N) is 1. The molecule has 0 saturated carbocycles. The highest BCUT2D eigenvalue weighted by atomic mass is 16.5. The fraction of sp³-hybridized carbons (Fsp3) is 0.308. The van der Waals surface area contributed by atoms with Gasteiger partial charge in [-0.15, -0.1) is 0 Å². The van der Waals surface area contributed by atoms with Crippen molar-refractivity contribution in [2.24, 2.45) is 0 Å². The molecule has 0 saturated heterocycles. The largest absolute Gasteiger partial charge is 0.465 e. The maximum Gasteiger partial charge on any atom is 0.342 e. The van der Waals surface area contributed by atoms with Gasteiger partial charge in [-0.25, -0.2) is 4.79 Å². The van der Waals surface area contributed by atoms with Gasteiger partial charge in [0.15, 0.2) is 0 Å². The molecule has 0 fully saturated rings. The normalized spacial score (nSPS) is 11.1. The van der Waals surface area contributed by atoms with Crippen LogP contribution in [-0.2, 0) is 4.74 Å². The van der Waals surface area contributed by atoms with E-state index in [9.17, 15) is 4.79 Å². The first-order valence-electron chi connectivity index (χ1n) is 5.54. The van der Waals surface area contributed by atoms with Crippen LogP contribution in [-0.4, -0.2) is 17.6 Å². The maximum absolute atomic E-state index is 11.8. The van der Waals surface area contributed by atoms with E-state index in [1.165, 1.54) is 7.11 Å². The second-order valence-electron chi connectivity index (χ2n) is 4.23. The summed E-state index contributed by atoms with van der Waals surface area (Å²) in [5.41, 5.74) is 7.47. The number of fused-ring (bicyclic) bond motifs is 1. The fourth-order valence-electron chi connectivity index (χ4n) is 2.16. The third-order valence-electron chi connectivity index (χ3n) is 2.85. The molecule has 17 heavy (non-hydrogen) atoms. The van der Waals surface area contributed by atoms with E-state index < -0.39 is 5.97 Å². The summed E-state index contributed by atoms with van der Waals surface area (Å²) in [5, 5.41) is 0.838. The summed E-state index contributed by atoms with van der Waals surface area (Å²) in [6.07, 6.45) is 0. The first-order chi connectivity index (χ1) is 8.07. The molecule has 0 bridgehead atoms. The van der Waals surface area contributed by atoms with Crippen LogP contribution in [0.3, 0.4) is 0 Å². The van der Waals surface area contributed by atoms with Gasteiger partial charge in [-0.05, 0) is 19.9 Å². The van der Waals surface area contributed by atoms with Gasteiger partial charge in [-0.1, -0.05) is 18.2 Å². The zero-order chi connectivity index (χ0) is 12.6. The molecule has 0 aliphatic rings. The van der Waals surface area contributed by atoms with E-state index in [2.05, 4.69) is 0 Å². The van der Waals surface area contributed by atoms with Gasteiger partial charge in [-0.3, -0.25) is 0 Å². The molecule has 0 spiro atoms. The van der Waals surface area contributed by atoms with Gasteiger partial charge in [0.2, 0.25) is 0 Å². The molecule has 0 unspecified atom stereocenters. The van der Waals surface area contributed by atoms with Crippen LogP contribution >= 0.6 is 0 Å². The topological polar surface area (TPSA) is 57.2 Å². The molecule has 0 atom stereocenters. The number of benzene rings is 1. The molecule has 1 aromatic heterocycles. The number of aromatic nitrogens is 1. The molecule has 0 amide bonds. The zero-order valence-corrected chi connectivity index (χ0v) is 10.2.